The fraction of sp³-hybridized carbons (Fsp3) is 0.133. The molecule has 0 aliphatic carbocycles. The highest BCUT2D eigenvalue weighted by Gasteiger charge is 2.02. The molecule has 3 aromatic rings. The summed E-state index contributed by atoms with van der Waals surface area (Å²) < 4.78 is 0. The molecular formula is C15H15N3S. The van der Waals surface area contributed by atoms with Gasteiger partial charge in [0.15, 0.2) is 0 Å². The SMILES string of the molecule is c1ccc(-c2csc(CNCc3ncc[nH]3)c2)cc1. The lowest BCUT2D eigenvalue weighted by atomic mass is 10.1. The molecule has 2 N–H and O–H groups in total. The van der Waals surface area contributed by atoms with Gasteiger partial charge >= 0.3 is 0 Å². The van der Waals surface area contributed by atoms with E-state index in [-0.39, 0.29) is 0 Å². The minimum atomic E-state index is 0.769. The molecule has 0 bridgehead atoms. The van der Waals surface area contributed by atoms with Gasteiger partial charge in [-0.1, -0.05) is 30.3 Å². The smallest absolute Gasteiger partial charge is 0.120 e. The third-order valence-corrected chi connectivity index (χ3v) is 3.84. The number of aromatic nitrogens is 2. The van der Waals surface area contributed by atoms with Crippen molar-refractivity contribution in [1.82, 2.24) is 15.3 Å². The lowest BCUT2D eigenvalue weighted by molar-refractivity contribution is 0.675. The first kappa shape index (κ1) is 12.1. The van der Waals surface area contributed by atoms with E-state index >= 15 is 0 Å². The van der Waals surface area contributed by atoms with Gasteiger partial charge < -0.3 is 10.3 Å². The van der Waals surface area contributed by atoms with Crippen LogP contribution in [0.2, 0.25) is 0 Å². The first-order valence-electron chi connectivity index (χ1n) is 6.23. The van der Waals surface area contributed by atoms with Crippen molar-refractivity contribution in [3.8, 4) is 11.1 Å². The molecule has 19 heavy (non-hydrogen) atoms. The van der Waals surface area contributed by atoms with Crippen molar-refractivity contribution in [3.05, 3.63) is 64.9 Å². The highest BCUT2D eigenvalue weighted by Crippen LogP contribution is 2.25. The maximum absolute atomic E-state index is 4.19. The number of aromatic amines is 1. The Balaban J connectivity index is 1.59. The van der Waals surface area contributed by atoms with Crippen molar-refractivity contribution in [2.75, 3.05) is 0 Å². The van der Waals surface area contributed by atoms with Crippen LogP contribution >= 0.6 is 11.3 Å². The van der Waals surface area contributed by atoms with Crippen molar-refractivity contribution in [2.24, 2.45) is 0 Å². The molecule has 3 rings (SSSR count). The Labute approximate surface area is 116 Å². The van der Waals surface area contributed by atoms with Crippen LogP contribution in [0.4, 0.5) is 0 Å². The van der Waals surface area contributed by atoms with E-state index in [1.54, 1.807) is 17.5 Å². The highest BCUT2D eigenvalue weighted by molar-refractivity contribution is 7.10. The molecule has 0 fully saturated rings. The third kappa shape index (κ3) is 3.10. The molecule has 0 saturated carbocycles. The van der Waals surface area contributed by atoms with E-state index in [0.29, 0.717) is 0 Å². The third-order valence-electron chi connectivity index (χ3n) is 2.91. The molecule has 2 aromatic heterocycles. The van der Waals surface area contributed by atoms with Crippen molar-refractivity contribution < 1.29 is 0 Å². The summed E-state index contributed by atoms with van der Waals surface area (Å²) in [7, 11) is 0. The highest BCUT2D eigenvalue weighted by atomic mass is 32.1. The Morgan fingerprint density at radius 3 is 2.79 bits per heavy atom. The average Bonchev–Trinajstić information content (AvgIpc) is 3.11. The number of hydrogen-bond acceptors (Lipinski definition) is 3. The van der Waals surface area contributed by atoms with Crippen molar-refractivity contribution in [3.63, 3.8) is 0 Å². The Bertz CT molecular complexity index is 614. The zero-order chi connectivity index (χ0) is 12.9. The summed E-state index contributed by atoms with van der Waals surface area (Å²) in [6, 6.07) is 12.7. The largest absolute Gasteiger partial charge is 0.348 e. The van der Waals surface area contributed by atoms with Gasteiger partial charge in [0.1, 0.15) is 5.82 Å². The van der Waals surface area contributed by atoms with Crippen LogP contribution in [0, 0.1) is 0 Å². The number of H-pyrrole nitrogens is 1. The zero-order valence-electron chi connectivity index (χ0n) is 10.5. The number of hydrogen-bond donors (Lipinski definition) is 2. The maximum atomic E-state index is 4.19. The number of nitrogens with zero attached hydrogens (tertiary/aromatic N) is 1. The number of imidazole rings is 1. The van der Waals surface area contributed by atoms with E-state index in [1.165, 1.54) is 16.0 Å². The number of nitrogens with one attached hydrogen (secondary N) is 2. The minimum Gasteiger partial charge on any atom is -0.348 e. The van der Waals surface area contributed by atoms with E-state index in [9.17, 15) is 0 Å². The Hall–Kier alpha value is -1.91. The summed E-state index contributed by atoms with van der Waals surface area (Å²) in [5.74, 6) is 0.972. The van der Waals surface area contributed by atoms with Gasteiger partial charge in [-0.25, -0.2) is 4.98 Å². The van der Waals surface area contributed by atoms with Gasteiger partial charge in [0.2, 0.25) is 0 Å². The van der Waals surface area contributed by atoms with Crippen LogP contribution in [0.25, 0.3) is 11.1 Å². The summed E-state index contributed by atoms with van der Waals surface area (Å²) in [4.78, 5) is 8.61. The van der Waals surface area contributed by atoms with Crippen LogP contribution in [0.3, 0.4) is 0 Å². The molecular weight excluding hydrogens is 254 g/mol. The number of rotatable bonds is 5. The topological polar surface area (TPSA) is 40.7 Å². The number of benzene rings is 1. The first-order chi connectivity index (χ1) is 9.42. The van der Waals surface area contributed by atoms with Crippen LogP contribution in [-0.2, 0) is 13.1 Å². The number of thiophene rings is 1. The van der Waals surface area contributed by atoms with Crippen LogP contribution < -0.4 is 5.32 Å². The van der Waals surface area contributed by atoms with E-state index in [4.69, 9.17) is 0 Å². The first-order valence-corrected chi connectivity index (χ1v) is 7.11. The molecule has 0 unspecified atom stereocenters. The molecule has 0 aliphatic heterocycles. The summed E-state index contributed by atoms with van der Waals surface area (Å²) in [6.45, 7) is 1.64. The van der Waals surface area contributed by atoms with E-state index in [1.807, 2.05) is 12.3 Å². The minimum absolute atomic E-state index is 0.769. The molecule has 0 aliphatic rings. The predicted molar refractivity (Wildman–Crippen MR) is 78.9 cm³/mol. The fourth-order valence-electron chi connectivity index (χ4n) is 1.95. The maximum Gasteiger partial charge on any atom is 0.120 e. The molecule has 0 radical (unpaired) electrons. The van der Waals surface area contributed by atoms with E-state index < -0.39 is 0 Å². The predicted octanol–water partition coefficient (Wildman–Crippen LogP) is 3.43. The molecule has 4 heteroatoms. The van der Waals surface area contributed by atoms with Gasteiger partial charge in [0.05, 0.1) is 6.54 Å². The van der Waals surface area contributed by atoms with Gasteiger partial charge in [-0.2, -0.15) is 0 Å². The zero-order valence-corrected chi connectivity index (χ0v) is 11.3. The summed E-state index contributed by atoms with van der Waals surface area (Å²) in [5, 5.41) is 5.59. The van der Waals surface area contributed by atoms with Crippen LogP contribution in [-0.4, -0.2) is 9.97 Å². The van der Waals surface area contributed by atoms with Gasteiger partial charge in [-0.05, 0) is 22.6 Å². The molecule has 0 amide bonds. The average molecular weight is 269 g/mol. The normalized spacial score (nSPS) is 10.7. The van der Waals surface area contributed by atoms with Crippen molar-refractivity contribution >= 4 is 11.3 Å². The van der Waals surface area contributed by atoms with E-state index in [0.717, 1.165) is 18.9 Å². The quantitative estimate of drug-likeness (QED) is 0.745. The van der Waals surface area contributed by atoms with Crippen LogP contribution in [0.1, 0.15) is 10.7 Å². The second-order valence-electron chi connectivity index (χ2n) is 4.31. The fourth-order valence-corrected chi connectivity index (χ4v) is 2.82. The molecule has 96 valence electrons. The molecule has 1 aromatic carbocycles. The van der Waals surface area contributed by atoms with Crippen LogP contribution in [0.15, 0.2) is 54.2 Å². The van der Waals surface area contributed by atoms with Gasteiger partial charge in [-0.15, -0.1) is 11.3 Å². The summed E-state index contributed by atoms with van der Waals surface area (Å²) in [6.07, 6.45) is 3.62. The van der Waals surface area contributed by atoms with E-state index in [2.05, 4.69) is 51.0 Å². The van der Waals surface area contributed by atoms with Crippen molar-refractivity contribution in [2.45, 2.75) is 13.1 Å². The summed E-state index contributed by atoms with van der Waals surface area (Å²) >= 11 is 1.79. The van der Waals surface area contributed by atoms with Gasteiger partial charge in [0, 0.05) is 23.8 Å². The van der Waals surface area contributed by atoms with Crippen LogP contribution in [0.5, 0.6) is 0 Å². The molecule has 0 saturated heterocycles. The Morgan fingerprint density at radius 1 is 1.11 bits per heavy atom. The monoisotopic (exact) mass is 269 g/mol. The van der Waals surface area contributed by atoms with Gasteiger partial charge in [0.25, 0.3) is 0 Å². The Morgan fingerprint density at radius 2 is 2.00 bits per heavy atom. The second kappa shape index (κ2) is 5.82. The second-order valence-corrected chi connectivity index (χ2v) is 5.30. The lowest BCUT2D eigenvalue weighted by Gasteiger charge is -1.99. The molecule has 0 spiro atoms. The van der Waals surface area contributed by atoms with Gasteiger partial charge in [-0.3, -0.25) is 0 Å². The standard InChI is InChI=1S/C15H15N3S/c1-2-4-12(5-3-1)13-8-14(19-11-13)9-16-10-15-17-6-7-18-15/h1-8,11,16H,9-10H2,(H,17,18). The molecule has 2 heterocycles. The Kier molecular flexibility index (Phi) is 3.72. The summed E-state index contributed by atoms with van der Waals surface area (Å²) in [5.41, 5.74) is 2.57. The molecule has 3 nitrogen and oxygen atoms in total. The lowest BCUT2D eigenvalue weighted by Crippen LogP contribution is -2.12. The van der Waals surface area contributed by atoms with Crippen molar-refractivity contribution in [1.29, 1.82) is 0 Å². The molecule has 0 atom stereocenters.